The summed E-state index contributed by atoms with van der Waals surface area (Å²) in [5, 5.41) is 0.0830. The van der Waals surface area contributed by atoms with Gasteiger partial charge in [-0.2, -0.15) is 0 Å². The van der Waals surface area contributed by atoms with Crippen LogP contribution in [-0.2, 0) is 4.79 Å². The third-order valence-corrected chi connectivity index (χ3v) is 4.79. The van der Waals surface area contributed by atoms with Crippen LogP contribution in [0.2, 0.25) is 5.02 Å². The smallest absolute Gasteiger partial charge is 0.258 e. The largest absolute Gasteiger partial charge is 0.337 e. The molecule has 3 rings (SSSR count). The van der Waals surface area contributed by atoms with Crippen molar-refractivity contribution < 1.29 is 14.0 Å². The van der Waals surface area contributed by atoms with E-state index in [9.17, 15) is 14.0 Å². The fraction of sp³-hybridized carbons (Fsp3) is 0.263. The van der Waals surface area contributed by atoms with E-state index >= 15 is 0 Å². The van der Waals surface area contributed by atoms with Crippen molar-refractivity contribution >= 4 is 35.8 Å². The summed E-state index contributed by atoms with van der Waals surface area (Å²) < 4.78 is 13.9. The summed E-state index contributed by atoms with van der Waals surface area (Å²) in [5.41, 5.74) is 6.67. The molecule has 2 aromatic carbocycles. The Morgan fingerprint density at radius 1 is 0.963 bits per heavy atom. The molecule has 0 radical (unpaired) electrons. The maximum Gasteiger partial charge on any atom is 0.258 e. The highest BCUT2D eigenvalue weighted by Crippen LogP contribution is 2.22. The molecule has 1 aliphatic heterocycles. The Kier molecular flexibility index (Phi) is 7.18. The van der Waals surface area contributed by atoms with E-state index < -0.39 is 17.8 Å². The SMILES string of the molecule is Cl.NC(C(=O)N1CCN(C(=O)c2c(F)cccc2Cl)CC1)c1ccccc1. The van der Waals surface area contributed by atoms with Crippen molar-refractivity contribution in [3.63, 3.8) is 0 Å². The molecule has 0 spiro atoms. The Balaban J connectivity index is 0.00000261. The van der Waals surface area contributed by atoms with Crippen LogP contribution in [0.4, 0.5) is 4.39 Å². The molecule has 2 amide bonds. The lowest BCUT2D eigenvalue weighted by Gasteiger charge is -2.36. The average Bonchev–Trinajstić information content (AvgIpc) is 2.67. The number of hydrogen-bond donors (Lipinski definition) is 1. The highest BCUT2D eigenvalue weighted by molar-refractivity contribution is 6.33. The van der Waals surface area contributed by atoms with Crippen LogP contribution in [0.5, 0.6) is 0 Å². The minimum Gasteiger partial charge on any atom is -0.337 e. The van der Waals surface area contributed by atoms with Crippen molar-refractivity contribution in [2.75, 3.05) is 26.2 Å². The van der Waals surface area contributed by atoms with E-state index in [1.165, 1.54) is 23.1 Å². The van der Waals surface area contributed by atoms with Crippen LogP contribution < -0.4 is 5.73 Å². The molecule has 1 unspecified atom stereocenters. The molecule has 144 valence electrons. The highest BCUT2D eigenvalue weighted by atomic mass is 35.5. The predicted octanol–water partition coefficient (Wildman–Crippen LogP) is 2.89. The summed E-state index contributed by atoms with van der Waals surface area (Å²) in [5.74, 6) is -1.30. The Morgan fingerprint density at radius 2 is 1.56 bits per heavy atom. The van der Waals surface area contributed by atoms with Crippen molar-refractivity contribution in [1.29, 1.82) is 0 Å². The first-order valence-electron chi connectivity index (χ1n) is 8.31. The van der Waals surface area contributed by atoms with Gasteiger partial charge in [-0.25, -0.2) is 4.39 Å². The summed E-state index contributed by atoms with van der Waals surface area (Å²) in [4.78, 5) is 28.2. The maximum absolute atomic E-state index is 13.9. The molecular formula is C19H20Cl2FN3O2. The van der Waals surface area contributed by atoms with Crippen molar-refractivity contribution in [3.8, 4) is 0 Å². The molecule has 0 saturated carbocycles. The van der Waals surface area contributed by atoms with Crippen molar-refractivity contribution in [2.45, 2.75) is 6.04 Å². The van der Waals surface area contributed by atoms with E-state index in [1.807, 2.05) is 30.3 Å². The molecule has 1 saturated heterocycles. The summed E-state index contributed by atoms with van der Waals surface area (Å²) in [6, 6.07) is 12.5. The quantitative estimate of drug-likeness (QED) is 0.843. The molecule has 0 aliphatic carbocycles. The van der Waals surface area contributed by atoms with E-state index in [-0.39, 0.29) is 28.9 Å². The lowest BCUT2D eigenvalue weighted by Crippen LogP contribution is -2.52. The van der Waals surface area contributed by atoms with Gasteiger partial charge in [-0.1, -0.05) is 48.0 Å². The minimum absolute atomic E-state index is 0. The van der Waals surface area contributed by atoms with Crippen LogP contribution in [-0.4, -0.2) is 47.8 Å². The lowest BCUT2D eigenvalue weighted by atomic mass is 10.1. The lowest BCUT2D eigenvalue weighted by molar-refractivity contribution is -0.134. The van der Waals surface area contributed by atoms with Gasteiger partial charge in [0.05, 0.1) is 10.6 Å². The number of carbonyl (C=O) groups excluding carboxylic acids is 2. The molecule has 2 aromatic rings. The van der Waals surface area contributed by atoms with Crippen LogP contribution in [0.1, 0.15) is 22.0 Å². The van der Waals surface area contributed by atoms with Gasteiger partial charge < -0.3 is 15.5 Å². The second-order valence-corrected chi connectivity index (χ2v) is 6.51. The number of amides is 2. The second kappa shape index (κ2) is 9.17. The zero-order valence-corrected chi connectivity index (χ0v) is 16.0. The molecule has 0 aromatic heterocycles. The average molecular weight is 412 g/mol. The summed E-state index contributed by atoms with van der Waals surface area (Å²) in [6.07, 6.45) is 0. The van der Waals surface area contributed by atoms with Crippen LogP contribution in [0.3, 0.4) is 0 Å². The zero-order valence-electron chi connectivity index (χ0n) is 14.5. The third kappa shape index (κ3) is 4.58. The van der Waals surface area contributed by atoms with Gasteiger partial charge in [0.1, 0.15) is 11.9 Å². The first kappa shape index (κ1) is 21.2. The van der Waals surface area contributed by atoms with E-state index in [0.717, 1.165) is 5.56 Å². The van der Waals surface area contributed by atoms with Crippen LogP contribution in [0.25, 0.3) is 0 Å². The van der Waals surface area contributed by atoms with Gasteiger partial charge in [-0.15, -0.1) is 12.4 Å². The molecule has 2 N–H and O–H groups in total. The molecule has 1 aliphatic rings. The normalized spacial score (nSPS) is 15.1. The number of nitrogens with two attached hydrogens (primary N) is 1. The molecular weight excluding hydrogens is 392 g/mol. The molecule has 0 bridgehead atoms. The monoisotopic (exact) mass is 411 g/mol. The standard InChI is InChI=1S/C19H19ClFN3O2.ClH/c20-14-7-4-8-15(21)16(14)18(25)23-9-11-24(12-10-23)19(26)17(22)13-5-2-1-3-6-13;/h1-8,17H,9-12,22H2;1H. The summed E-state index contributed by atoms with van der Waals surface area (Å²) in [7, 11) is 0. The molecule has 1 fully saturated rings. The number of piperazine rings is 1. The number of halogens is 3. The van der Waals surface area contributed by atoms with Gasteiger partial charge >= 0.3 is 0 Å². The van der Waals surface area contributed by atoms with Gasteiger partial charge in [-0.3, -0.25) is 9.59 Å². The summed E-state index contributed by atoms with van der Waals surface area (Å²) >= 11 is 5.96. The molecule has 5 nitrogen and oxygen atoms in total. The predicted molar refractivity (Wildman–Crippen MR) is 105 cm³/mol. The first-order chi connectivity index (χ1) is 12.5. The number of benzene rings is 2. The molecule has 1 atom stereocenters. The number of nitrogens with zero attached hydrogens (tertiary/aromatic N) is 2. The van der Waals surface area contributed by atoms with E-state index in [4.69, 9.17) is 17.3 Å². The van der Waals surface area contributed by atoms with Crippen LogP contribution in [0, 0.1) is 5.82 Å². The van der Waals surface area contributed by atoms with Gasteiger partial charge in [0.25, 0.3) is 5.91 Å². The van der Waals surface area contributed by atoms with Crippen LogP contribution in [0.15, 0.2) is 48.5 Å². The minimum atomic E-state index is -0.737. The van der Waals surface area contributed by atoms with Crippen molar-refractivity contribution in [1.82, 2.24) is 9.80 Å². The molecule has 1 heterocycles. The van der Waals surface area contributed by atoms with Gasteiger partial charge in [-0.05, 0) is 17.7 Å². The highest BCUT2D eigenvalue weighted by Gasteiger charge is 2.29. The van der Waals surface area contributed by atoms with Gasteiger partial charge in [0.2, 0.25) is 5.91 Å². The molecule has 27 heavy (non-hydrogen) atoms. The third-order valence-electron chi connectivity index (χ3n) is 4.48. The Morgan fingerprint density at radius 3 is 2.15 bits per heavy atom. The topological polar surface area (TPSA) is 66.6 Å². The fourth-order valence-corrected chi connectivity index (χ4v) is 3.23. The molecule has 8 heteroatoms. The number of rotatable bonds is 3. The Bertz CT molecular complexity index is 792. The zero-order chi connectivity index (χ0) is 18.7. The fourth-order valence-electron chi connectivity index (χ4n) is 2.99. The van der Waals surface area contributed by atoms with E-state index in [2.05, 4.69) is 0 Å². The van der Waals surface area contributed by atoms with Gasteiger partial charge in [0, 0.05) is 26.2 Å². The number of carbonyl (C=O) groups is 2. The van der Waals surface area contributed by atoms with E-state index in [0.29, 0.717) is 26.2 Å². The Hall–Kier alpha value is -2.15. The van der Waals surface area contributed by atoms with Crippen molar-refractivity contribution in [2.24, 2.45) is 5.73 Å². The second-order valence-electron chi connectivity index (χ2n) is 6.10. The van der Waals surface area contributed by atoms with Gasteiger partial charge in [0.15, 0.2) is 0 Å². The van der Waals surface area contributed by atoms with Crippen molar-refractivity contribution in [3.05, 3.63) is 70.5 Å². The maximum atomic E-state index is 13.9. The van der Waals surface area contributed by atoms with E-state index in [1.54, 1.807) is 4.90 Å². The Labute approximate surface area is 168 Å². The number of hydrogen-bond acceptors (Lipinski definition) is 3. The first-order valence-corrected chi connectivity index (χ1v) is 8.69. The van der Waals surface area contributed by atoms with Crippen LogP contribution >= 0.6 is 24.0 Å². The summed E-state index contributed by atoms with van der Waals surface area (Å²) in [6.45, 7) is 1.29.